The molecule has 0 aromatic carbocycles. The molecule has 1 unspecified atom stereocenters. The Labute approximate surface area is 69.1 Å². The molecule has 1 aliphatic carbocycles. The second-order valence-corrected chi connectivity index (χ2v) is 4.38. The highest BCUT2D eigenvalue weighted by atomic mass is 16.3. The Morgan fingerprint density at radius 1 is 1.36 bits per heavy atom. The Morgan fingerprint density at radius 3 is 2.09 bits per heavy atom. The van der Waals surface area contributed by atoms with Crippen molar-refractivity contribution >= 4 is 0 Å². The summed E-state index contributed by atoms with van der Waals surface area (Å²) in [6.45, 7) is 10.0. The van der Waals surface area contributed by atoms with Crippen molar-refractivity contribution in [1.29, 1.82) is 0 Å². The van der Waals surface area contributed by atoms with Gasteiger partial charge in [-0.05, 0) is 37.2 Å². The standard InChI is InChI=1S/C10H18O/c1-8(2)10(11)7-5-6-9(10,3)4/h11H,1,5-7H2,2-4H3. The summed E-state index contributed by atoms with van der Waals surface area (Å²) < 4.78 is 0. The van der Waals surface area contributed by atoms with E-state index in [0.29, 0.717) is 0 Å². The highest BCUT2D eigenvalue weighted by Gasteiger charge is 2.47. The molecule has 1 nitrogen and oxygen atoms in total. The van der Waals surface area contributed by atoms with Gasteiger partial charge >= 0.3 is 0 Å². The summed E-state index contributed by atoms with van der Waals surface area (Å²) >= 11 is 0. The van der Waals surface area contributed by atoms with Gasteiger partial charge in [0, 0.05) is 0 Å². The van der Waals surface area contributed by atoms with Crippen LogP contribution in [0.1, 0.15) is 40.0 Å². The average Bonchev–Trinajstić information content (AvgIpc) is 2.09. The number of rotatable bonds is 1. The summed E-state index contributed by atoms with van der Waals surface area (Å²) in [7, 11) is 0. The fourth-order valence-corrected chi connectivity index (χ4v) is 2.12. The fraction of sp³-hybridized carbons (Fsp3) is 0.800. The third-order valence-corrected chi connectivity index (χ3v) is 3.17. The molecule has 0 spiro atoms. The Morgan fingerprint density at radius 2 is 1.91 bits per heavy atom. The maximum absolute atomic E-state index is 10.2. The van der Waals surface area contributed by atoms with Crippen LogP contribution in [0.15, 0.2) is 12.2 Å². The van der Waals surface area contributed by atoms with Gasteiger partial charge in [-0.25, -0.2) is 0 Å². The average molecular weight is 154 g/mol. The molecule has 1 saturated carbocycles. The number of hydrogen-bond acceptors (Lipinski definition) is 1. The molecular weight excluding hydrogens is 136 g/mol. The van der Waals surface area contributed by atoms with Crippen molar-refractivity contribution in [1.82, 2.24) is 0 Å². The zero-order chi connectivity index (χ0) is 8.70. The third-order valence-electron chi connectivity index (χ3n) is 3.17. The molecule has 0 aromatic rings. The predicted octanol–water partition coefficient (Wildman–Crippen LogP) is 2.50. The van der Waals surface area contributed by atoms with E-state index in [1.807, 2.05) is 6.92 Å². The molecule has 64 valence electrons. The van der Waals surface area contributed by atoms with Crippen molar-refractivity contribution in [3.8, 4) is 0 Å². The van der Waals surface area contributed by atoms with Crippen molar-refractivity contribution in [2.24, 2.45) is 5.41 Å². The van der Waals surface area contributed by atoms with Crippen LogP contribution < -0.4 is 0 Å². The van der Waals surface area contributed by atoms with Gasteiger partial charge in [-0.15, -0.1) is 0 Å². The van der Waals surface area contributed by atoms with Gasteiger partial charge in [0.05, 0.1) is 5.60 Å². The number of aliphatic hydroxyl groups is 1. The smallest absolute Gasteiger partial charge is 0.0902 e. The van der Waals surface area contributed by atoms with Gasteiger partial charge < -0.3 is 5.11 Å². The van der Waals surface area contributed by atoms with Crippen molar-refractivity contribution in [3.63, 3.8) is 0 Å². The summed E-state index contributed by atoms with van der Waals surface area (Å²) in [5.41, 5.74) is 0.339. The van der Waals surface area contributed by atoms with E-state index < -0.39 is 5.60 Å². The second kappa shape index (κ2) is 2.34. The highest BCUT2D eigenvalue weighted by Crippen LogP contribution is 2.49. The second-order valence-electron chi connectivity index (χ2n) is 4.38. The van der Waals surface area contributed by atoms with Crippen LogP contribution in [0.2, 0.25) is 0 Å². The van der Waals surface area contributed by atoms with E-state index in [1.54, 1.807) is 0 Å². The van der Waals surface area contributed by atoms with Gasteiger partial charge in [0.2, 0.25) is 0 Å². The van der Waals surface area contributed by atoms with E-state index in [1.165, 1.54) is 0 Å². The largest absolute Gasteiger partial charge is 0.385 e. The quantitative estimate of drug-likeness (QED) is 0.575. The zero-order valence-corrected chi connectivity index (χ0v) is 7.78. The van der Waals surface area contributed by atoms with Gasteiger partial charge in [0.1, 0.15) is 0 Å². The van der Waals surface area contributed by atoms with Crippen LogP contribution in [0, 0.1) is 5.41 Å². The van der Waals surface area contributed by atoms with E-state index in [9.17, 15) is 5.11 Å². The molecule has 1 heteroatoms. The summed E-state index contributed by atoms with van der Waals surface area (Å²) in [4.78, 5) is 0. The summed E-state index contributed by atoms with van der Waals surface area (Å²) in [6.07, 6.45) is 3.11. The normalized spacial score (nSPS) is 35.6. The van der Waals surface area contributed by atoms with Crippen LogP contribution in [0.25, 0.3) is 0 Å². The molecule has 1 fully saturated rings. The van der Waals surface area contributed by atoms with Gasteiger partial charge in [-0.2, -0.15) is 0 Å². The van der Waals surface area contributed by atoms with Crippen molar-refractivity contribution in [2.75, 3.05) is 0 Å². The first-order chi connectivity index (χ1) is 4.90. The van der Waals surface area contributed by atoms with Crippen LogP contribution in [0.5, 0.6) is 0 Å². The minimum absolute atomic E-state index is 0.0266. The molecule has 0 bridgehead atoms. The van der Waals surface area contributed by atoms with Crippen LogP contribution in [-0.4, -0.2) is 10.7 Å². The summed E-state index contributed by atoms with van der Waals surface area (Å²) in [6, 6.07) is 0. The van der Waals surface area contributed by atoms with Crippen molar-refractivity contribution < 1.29 is 5.11 Å². The van der Waals surface area contributed by atoms with E-state index in [2.05, 4.69) is 20.4 Å². The van der Waals surface area contributed by atoms with E-state index in [4.69, 9.17) is 0 Å². The highest BCUT2D eigenvalue weighted by molar-refractivity contribution is 5.18. The molecular formula is C10H18O. The first-order valence-corrected chi connectivity index (χ1v) is 4.28. The lowest BCUT2D eigenvalue weighted by molar-refractivity contribution is -0.00786. The Balaban J connectivity index is 2.93. The van der Waals surface area contributed by atoms with E-state index in [0.717, 1.165) is 24.8 Å². The van der Waals surface area contributed by atoms with Crippen LogP contribution in [-0.2, 0) is 0 Å². The van der Waals surface area contributed by atoms with Gasteiger partial charge in [0.25, 0.3) is 0 Å². The van der Waals surface area contributed by atoms with Gasteiger partial charge in [-0.3, -0.25) is 0 Å². The van der Waals surface area contributed by atoms with E-state index in [-0.39, 0.29) is 5.41 Å². The maximum atomic E-state index is 10.2. The molecule has 0 aliphatic heterocycles. The van der Waals surface area contributed by atoms with E-state index >= 15 is 0 Å². The first-order valence-electron chi connectivity index (χ1n) is 4.28. The third kappa shape index (κ3) is 1.12. The molecule has 1 rings (SSSR count). The van der Waals surface area contributed by atoms with Crippen LogP contribution in [0.3, 0.4) is 0 Å². The predicted molar refractivity (Wildman–Crippen MR) is 47.4 cm³/mol. The lowest BCUT2D eigenvalue weighted by Gasteiger charge is -2.37. The van der Waals surface area contributed by atoms with Crippen LogP contribution in [0.4, 0.5) is 0 Å². The Bertz CT molecular complexity index is 181. The lowest BCUT2D eigenvalue weighted by atomic mass is 9.74. The molecule has 1 atom stereocenters. The first kappa shape index (κ1) is 8.79. The molecule has 1 N–H and O–H groups in total. The van der Waals surface area contributed by atoms with Crippen LogP contribution >= 0.6 is 0 Å². The Kier molecular flexibility index (Phi) is 1.87. The molecule has 0 aromatic heterocycles. The summed E-state index contributed by atoms with van der Waals surface area (Å²) in [5, 5.41) is 10.2. The monoisotopic (exact) mass is 154 g/mol. The van der Waals surface area contributed by atoms with Gasteiger partial charge in [-0.1, -0.05) is 20.4 Å². The maximum Gasteiger partial charge on any atom is 0.0902 e. The fourth-order valence-electron chi connectivity index (χ4n) is 2.12. The molecule has 11 heavy (non-hydrogen) atoms. The molecule has 0 amide bonds. The zero-order valence-electron chi connectivity index (χ0n) is 7.78. The van der Waals surface area contributed by atoms with Crippen molar-refractivity contribution in [3.05, 3.63) is 12.2 Å². The lowest BCUT2D eigenvalue weighted by Crippen LogP contribution is -2.40. The number of hydrogen-bond donors (Lipinski definition) is 1. The molecule has 0 radical (unpaired) electrons. The molecule has 1 aliphatic rings. The molecule has 0 saturated heterocycles. The SMILES string of the molecule is C=C(C)C1(O)CCCC1(C)C. The topological polar surface area (TPSA) is 20.2 Å². The van der Waals surface area contributed by atoms with Crippen molar-refractivity contribution in [2.45, 2.75) is 45.6 Å². The minimum Gasteiger partial charge on any atom is -0.385 e. The van der Waals surface area contributed by atoms with Gasteiger partial charge in [0.15, 0.2) is 0 Å². The summed E-state index contributed by atoms with van der Waals surface area (Å²) in [5.74, 6) is 0. The Hall–Kier alpha value is -0.300. The molecule has 0 heterocycles. The minimum atomic E-state index is -0.604.